The number of hydrogen-bond acceptors (Lipinski definition) is 3. The SMILES string of the molecule is CCC1N=C(OC)NC=C1Cl. The lowest BCUT2D eigenvalue weighted by Gasteiger charge is -2.16. The maximum atomic E-state index is 5.84. The Morgan fingerprint density at radius 1 is 1.82 bits per heavy atom. The van der Waals surface area contributed by atoms with Crippen LogP contribution >= 0.6 is 11.6 Å². The summed E-state index contributed by atoms with van der Waals surface area (Å²) in [4.78, 5) is 4.18. The summed E-state index contributed by atoms with van der Waals surface area (Å²) in [6, 6.07) is 0.592. The molecule has 0 aromatic rings. The summed E-state index contributed by atoms with van der Waals surface area (Å²) in [6.07, 6.45) is 2.60. The Morgan fingerprint density at radius 3 is 3.09 bits per heavy atom. The number of nitrogens with one attached hydrogen (secondary N) is 1. The van der Waals surface area contributed by atoms with Crippen LogP contribution in [0.25, 0.3) is 0 Å². The van der Waals surface area contributed by atoms with Gasteiger partial charge in [-0.1, -0.05) is 18.5 Å². The molecule has 1 aliphatic rings. The molecule has 0 bridgehead atoms. The Kier molecular flexibility index (Phi) is 2.76. The van der Waals surface area contributed by atoms with Crippen LogP contribution in [-0.4, -0.2) is 19.2 Å². The second-order valence-electron chi connectivity index (χ2n) is 2.24. The Morgan fingerprint density at radius 2 is 2.55 bits per heavy atom. The zero-order valence-electron chi connectivity index (χ0n) is 6.60. The number of rotatable bonds is 1. The Labute approximate surface area is 71.1 Å². The van der Waals surface area contributed by atoms with Crippen LogP contribution < -0.4 is 5.32 Å². The van der Waals surface area contributed by atoms with Crippen molar-refractivity contribution in [3.63, 3.8) is 0 Å². The van der Waals surface area contributed by atoms with E-state index >= 15 is 0 Å². The minimum Gasteiger partial charge on any atom is -0.468 e. The van der Waals surface area contributed by atoms with E-state index in [0.717, 1.165) is 11.5 Å². The molecule has 3 nitrogen and oxygen atoms in total. The van der Waals surface area contributed by atoms with Crippen LogP contribution in [-0.2, 0) is 4.74 Å². The van der Waals surface area contributed by atoms with Crippen LogP contribution in [0.1, 0.15) is 13.3 Å². The molecule has 0 aromatic heterocycles. The minimum absolute atomic E-state index is 0.0628. The molecule has 1 heterocycles. The average Bonchev–Trinajstić information content (AvgIpc) is 2.05. The molecule has 0 fully saturated rings. The fraction of sp³-hybridized carbons (Fsp3) is 0.571. The van der Waals surface area contributed by atoms with Crippen molar-refractivity contribution in [2.45, 2.75) is 19.4 Å². The van der Waals surface area contributed by atoms with Crippen LogP contribution in [0, 0.1) is 0 Å². The van der Waals surface area contributed by atoms with E-state index in [1.54, 1.807) is 13.3 Å². The lowest BCUT2D eigenvalue weighted by Crippen LogP contribution is -2.27. The van der Waals surface area contributed by atoms with Gasteiger partial charge < -0.3 is 10.1 Å². The highest BCUT2D eigenvalue weighted by Gasteiger charge is 2.14. The lowest BCUT2D eigenvalue weighted by molar-refractivity contribution is 0.380. The van der Waals surface area contributed by atoms with Gasteiger partial charge in [0.1, 0.15) is 0 Å². The van der Waals surface area contributed by atoms with Crippen molar-refractivity contribution in [1.82, 2.24) is 5.32 Å². The van der Waals surface area contributed by atoms with Crippen LogP contribution in [0.4, 0.5) is 0 Å². The predicted octanol–water partition coefficient (Wildman–Crippen LogP) is 1.45. The molecule has 1 unspecified atom stereocenters. The normalized spacial score (nSPS) is 23.4. The third-order valence-corrected chi connectivity index (χ3v) is 1.87. The fourth-order valence-electron chi connectivity index (χ4n) is 0.865. The van der Waals surface area contributed by atoms with Crippen LogP contribution in [0.5, 0.6) is 0 Å². The molecule has 4 heteroatoms. The van der Waals surface area contributed by atoms with Gasteiger partial charge in [-0.2, -0.15) is 0 Å². The van der Waals surface area contributed by atoms with E-state index in [4.69, 9.17) is 16.3 Å². The molecular formula is C7H11ClN2O. The van der Waals surface area contributed by atoms with E-state index in [1.807, 2.05) is 6.92 Å². The van der Waals surface area contributed by atoms with Gasteiger partial charge in [0.2, 0.25) is 0 Å². The van der Waals surface area contributed by atoms with E-state index in [9.17, 15) is 0 Å². The zero-order chi connectivity index (χ0) is 8.27. The van der Waals surface area contributed by atoms with E-state index < -0.39 is 0 Å². The monoisotopic (exact) mass is 174 g/mol. The maximum Gasteiger partial charge on any atom is 0.289 e. The van der Waals surface area contributed by atoms with Crippen molar-refractivity contribution in [1.29, 1.82) is 0 Å². The summed E-state index contributed by atoms with van der Waals surface area (Å²) in [7, 11) is 1.58. The Hall–Kier alpha value is -0.700. The first kappa shape index (κ1) is 8.40. The zero-order valence-corrected chi connectivity index (χ0v) is 7.35. The molecule has 1 atom stereocenters. The topological polar surface area (TPSA) is 33.6 Å². The summed E-state index contributed by atoms with van der Waals surface area (Å²) in [5.74, 6) is 0. The summed E-state index contributed by atoms with van der Waals surface area (Å²) >= 11 is 5.84. The average molecular weight is 175 g/mol. The Balaban J connectivity index is 2.66. The predicted molar refractivity (Wildman–Crippen MR) is 45.6 cm³/mol. The van der Waals surface area contributed by atoms with E-state index in [1.165, 1.54) is 0 Å². The first-order valence-electron chi connectivity index (χ1n) is 3.51. The number of methoxy groups -OCH3 is 1. The van der Waals surface area contributed by atoms with Crippen molar-refractivity contribution in [2.75, 3.05) is 7.11 Å². The molecule has 0 aromatic carbocycles. The highest BCUT2D eigenvalue weighted by atomic mass is 35.5. The summed E-state index contributed by atoms with van der Waals surface area (Å²) < 4.78 is 4.91. The van der Waals surface area contributed by atoms with Gasteiger partial charge >= 0.3 is 0 Å². The van der Waals surface area contributed by atoms with Crippen LogP contribution in [0.3, 0.4) is 0 Å². The molecular weight excluding hydrogens is 164 g/mol. The molecule has 0 spiro atoms. The lowest BCUT2D eigenvalue weighted by atomic mass is 10.2. The summed E-state index contributed by atoms with van der Waals surface area (Å²) in [5, 5.41) is 3.55. The molecule has 1 N–H and O–H groups in total. The van der Waals surface area contributed by atoms with Gasteiger partial charge in [0.05, 0.1) is 18.2 Å². The molecule has 0 radical (unpaired) electrons. The van der Waals surface area contributed by atoms with Crippen LogP contribution in [0.15, 0.2) is 16.2 Å². The highest BCUT2D eigenvalue weighted by Crippen LogP contribution is 2.16. The molecule has 1 aliphatic heterocycles. The van der Waals surface area contributed by atoms with Gasteiger partial charge in [0.25, 0.3) is 6.02 Å². The molecule has 0 amide bonds. The number of nitrogens with zero attached hydrogens (tertiary/aromatic N) is 1. The second-order valence-corrected chi connectivity index (χ2v) is 2.67. The molecule has 1 rings (SSSR count). The number of hydrogen-bond donors (Lipinski definition) is 1. The molecule has 11 heavy (non-hydrogen) atoms. The molecule has 0 saturated carbocycles. The van der Waals surface area contributed by atoms with Gasteiger partial charge in [-0.3, -0.25) is 0 Å². The summed E-state index contributed by atoms with van der Waals surface area (Å²) in [6.45, 7) is 2.03. The van der Waals surface area contributed by atoms with Crippen molar-refractivity contribution in [3.8, 4) is 0 Å². The number of aliphatic imine (C=N–C) groups is 1. The molecule has 62 valence electrons. The van der Waals surface area contributed by atoms with Crippen molar-refractivity contribution in [3.05, 3.63) is 11.2 Å². The van der Waals surface area contributed by atoms with Gasteiger partial charge in [-0.05, 0) is 6.42 Å². The maximum absolute atomic E-state index is 5.84. The summed E-state index contributed by atoms with van der Waals surface area (Å²) in [5.41, 5.74) is 0. The second kappa shape index (κ2) is 3.62. The number of halogens is 1. The quantitative estimate of drug-likeness (QED) is 0.653. The highest BCUT2D eigenvalue weighted by molar-refractivity contribution is 6.30. The van der Waals surface area contributed by atoms with E-state index in [-0.39, 0.29) is 6.04 Å². The third-order valence-electron chi connectivity index (χ3n) is 1.51. The molecule has 0 saturated heterocycles. The minimum atomic E-state index is 0.0628. The Bertz CT molecular complexity index is 201. The smallest absolute Gasteiger partial charge is 0.289 e. The van der Waals surface area contributed by atoms with Gasteiger partial charge in [0, 0.05) is 6.20 Å². The largest absolute Gasteiger partial charge is 0.468 e. The van der Waals surface area contributed by atoms with Gasteiger partial charge in [-0.25, -0.2) is 4.99 Å². The van der Waals surface area contributed by atoms with Crippen molar-refractivity contribution < 1.29 is 4.74 Å². The standard InChI is InChI=1S/C7H11ClN2O/c1-3-6-5(8)4-9-7(10-6)11-2/h4,6H,3H2,1-2H3,(H,9,10). The molecule has 0 aliphatic carbocycles. The van der Waals surface area contributed by atoms with Gasteiger partial charge in [-0.15, -0.1) is 0 Å². The van der Waals surface area contributed by atoms with Crippen molar-refractivity contribution >= 4 is 17.6 Å². The van der Waals surface area contributed by atoms with Crippen LogP contribution in [0.2, 0.25) is 0 Å². The number of ether oxygens (including phenoxy) is 1. The van der Waals surface area contributed by atoms with E-state index in [0.29, 0.717) is 6.02 Å². The first-order chi connectivity index (χ1) is 5.27. The fourth-order valence-corrected chi connectivity index (χ4v) is 1.12. The third kappa shape index (κ3) is 1.87. The van der Waals surface area contributed by atoms with E-state index in [2.05, 4.69) is 10.3 Å². The number of amidine groups is 1. The van der Waals surface area contributed by atoms with Crippen molar-refractivity contribution in [2.24, 2.45) is 4.99 Å². The van der Waals surface area contributed by atoms with Gasteiger partial charge in [0.15, 0.2) is 0 Å². The first-order valence-corrected chi connectivity index (χ1v) is 3.89.